The van der Waals surface area contributed by atoms with Crippen LogP contribution in [0.5, 0.6) is 0 Å². The first kappa shape index (κ1) is 10.8. The van der Waals surface area contributed by atoms with Crippen LogP contribution in [0.15, 0.2) is 4.52 Å². The minimum absolute atomic E-state index is 0.0962. The minimum Gasteiger partial charge on any atom is -0.359 e. The first-order valence-corrected chi connectivity index (χ1v) is 4.89. The van der Waals surface area contributed by atoms with Crippen LogP contribution in [0.25, 0.3) is 0 Å². The summed E-state index contributed by atoms with van der Waals surface area (Å²) in [5, 5.41) is 12.8. The molecule has 0 N–H and O–H groups in total. The lowest BCUT2D eigenvalue weighted by molar-refractivity contribution is 0.301. The summed E-state index contributed by atoms with van der Waals surface area (Å²) in [5.74, 6) is 0.722. The molecular weight excluding hydrogens is 176 g/mol. The van der Waals surface area contributed by atoms with Crippen molar-refractivity contribution in [2.24, 2.45) is 0 Å². The Hall–Kier alpha value is -1.30. The summed E-state index contributed by atoms with van der Waals surface area (Å²) >= 11 is 0. The molecule has 0 radical (unpaired) electrons. The van der Waals surface area contributed by atoms with Gasteiger partial charge in [-0.15, -0.1) is 0 Å². The molecule has 0 aliphatic heterocycles. The Morgan fingerprint density at radius 1 is 1.50 bits per heavy atom. The maximum Gasteiger partial charge on any atom is 0.160 e. The van der Waals surface area contributed by atoms with E-state index in [1.54, 1.807) is 6.92 Å². The van der Waals surface area contributed by atoms with Crippen molar-refractivity contribution >= 4 is 0 Å². The maximum absolute atomic E-state index is 8.97. The molecule has 0 saturated heterocycles. The van der Waals surface area contributed by atoms with Crippen LogP contribution in [0.4, 0.5) is 0 Å². The Balaban J connectivity index is 3.13. The van der Waals surface area contributed by atoms with E-state index in [1.165, 1.54) is 0 Å². The van der Waals surface area contributed by atoms with Gasteiger partial charge in [0.1, 0.15) is 11.6 Å². The molecule has 1 rings (SSSR count). The zero-order valence-electron chi connectivity index (χ0n) is 9.22. The Morgan fingerprint density at radius 3 is 2.64 bits per heavy atom. The van der Waals surface area contributed by atoms with Gasteiger partial charge in [0.05, 0.1) is 5.69 Å². The fourth-order valence-corrected chi connectivity index (χ4v) is 1.70. The van der Waals surface area contributed by atoms with Crippen LogP contribution < -0.4 is 0 Å². The largest absolute Gasteiger partial charge is 0.359 e. The van der Waals surface area contributed by atoms with Crippen LogP contribution in [0, 0.1) is 18.3 Å². The molecule has 76 valence electrons. The Labute approximate surface area is 84.7 Å². The topological polar surface area (TPSA) is 49.8 Å². The van der Waals surface area contributed by atoms with Gasteiger partial charge < -0.3 is 4.52 Å². The van der Waals surface area contributed by atoms with E-state index >= 15 is 0 Å². The average Bonchev–Trinajstić information content (AvgIpc) is 2.47. The van der Waals surface area contributed by atoms with Crippen molar-refractivity contribution in [1.29, 1.82) is 5.26 Å². The van der Waals surface area contributed by atoms with Crippen molar-refractivity contribution < 1.29 is 4.52 Å². The van der Waals surface area contributed by atoms with Gasteiger partial charge in [0, 0.05) is 5.41 Å². The Morgan fingerprint density at radius 2 is 2.14 bits per heavy atom. The molecule has 14 heavy (non-hydrogen) atoms. The first-order chi connectivity index (χ1) is 6.53. The summed E-state index contributed by atoms with van der Waals surface area (Å²) in [4.78, 5) is 0. The fourth-order valence-electron chi connectivity index (χ4n) is 1.70. The molecular formula is C11H16N2O. The van der Waals surface area contributed by atoms with Crippen molar-refractivity contribution in [3.63, 3.8) is 0 Å². The van der Waals surface area contributed by atoms with E-state index in [1.807, 2.05) is 0 Å². The number of nitrogens with zero attached hydrogens (tertiary/aromatic N) is 2. The summed E-state index contributed by atoms with van der Waals surface area (Å²) < 4.78 is 5.23. The molecule has 0 unspecified atom stereocenters. The molecule has 0 atom stereocenters. The van der Waals surface area contributed by atoms with Crippen LogP contribution >= 0.6 is 0 Å². The summed E-state index contributed by atoms with van der Waals surface area (Å²) in [6, 6.07) is 2.15. The van der Waals surface area contributed by atoms with E-state index in [-0.39, 0.29) is 5.41 Å². The third-order valence-electron chi connectivity index (χ3n) is 2.46. The summed E-state index contributed by atoms with van der Waals surface area (Å²) in [6.45, 7) is 8.08. The van der Waals surface area contributed by atoms with Crippen LogP contribution in [-0.2, 0) is 5.41 Å². The molecule has 0 bridgehead atoms. The van der Waals surface area contributed by atoms with Gasteiger partial charge in [0.2, 0.25) is 0 Å². The van der Waals surface area contributed by atoms with Crippen molar-refractivity contribution in [3.8, 4) is 6.07 Å². The van der Waals surface area contributed by atoms with E-state index in [2.05, 4.69) is 32.0 Å². The van der Waals surface area contributed by atoms with Crippen molar-refractivity contribution in [1.82, 2.24) is 5.16 Å². The molecule has 3 nitrogen and oxygen atoms in total. The van der Waals surface area contributed by atoms with Gasteiger partial charge in [-0.25, -0.2) is 0 Å². The van der Waals surface area contributed by atoms with Gasteiger partial charge in [-0.3, -0.25) is 0 Å². The van der Waals surface area contributed by atoms with E-state index in [9.17, 15) is 0 Å². The predicted molar refractivity (Wildman–Crippen MR) is 53.9 cm³/mol. The third-order valence-corrected chi connectivity index (χ3v) is 2.46. The van der Waals surface area contributed by atoms with Crippen LogP contribution in [0.3, 0.4) is 0 Å². The van der Waals surface area contributed by atoms with E-state index in [4.69, 9.17) is 9.78 Å². The van der Waals surface area contributed by atoms with Gasteiger partial charge in [-0.2, -0.15) is 5.26 Å². The number of hydrogen-bond donors (Lipinski definition) is 0. The number of aromatic nitrogens is 1. The van der Waals surface area contributed by atoms with Crippen molar-refractivity contribution in [2.75, 3.05) is 0 Å². The second-order valence-corrected chi connectivity index (χ2v) is 4.22. The van der Waals surface area contributed by atoms with Crippen molar-refractivity contribution in [3.05, 3.63) is 17.0 Å². The number of aryl methyl sites for hydroxylation is 1. The SMILES string of the molecule is CCCC(C)(C)c1onc(C)c1C#N. The number of nitriles is 1. The van der Waals surface area contributed by atoms with Gasteiger partial charge in [-0.1, -0.05) is 32.3 Å². The molecule has 0 spiro atoms. The third kappa shape index (κ3) is 1.79. The van der Waals surface area contributed by atoms with Gasteiger partial charge in [0.25, 0.3) is 0 Å². The zero-order valence-corrected chi connectivity index (χ0v) is 9.22. The second kappa shape index (κ2) is 3.83. The summed E-state index contributed by atoms with van der Waals surface area (Å²) in [5.41, 5.74) is 1.19. The molecule has 0 fully saturated rings. The molecule has 1 heterocycles. The quantitative estimate of drug-likeness (QED) is 0.739. The lowest BCUT2D eigenvalue weighted by Crippen LogP contribution is -2.17. The fraction of sp³-hybridized carbons (Fsp3) is 0.636. The predicted octanol–water partition coefficient (Wildman–Crippen LogP) is 2.93. The standard InChI is InChI=1S/C11H16N2O/c1-5-6-11(3,4)10-9(7-12)8(2)13-14-10/h5-6H2,1-4H3. The highest BCUT2D eigenvalue weighted by atomic mass is 16.5. The molecule has 0 aromatic carbocycles. The maximum atomic E-state index is 8.97. The van der Waals surface area contributed by atoms with Crippen molar-refractivity contribution in [2.45, 2.75) is 46.0 Å². The molecule has 1 aromatic rings. The molecule has 3 heteroatoms. The van der Waals surface area contributed by atoms with Gasteiger partial charge in [0.15, 0.2) is 5.76 Å². The Kier molecular flexibility index (Phi) is 2.95. The van der Waals surface area contributed by atoms with Gasteiger partial charge in [-0.05, 0) is 13.3 Å². The Bertz CT molecular complexity index is 358. The molecule has 1 aromatic heterocycles. The van der Waals surface area contributed by atoms with Crippen LogP contribution in [0.2, 0.25) is 0 Å². The summed E-state index contributed by atoms with van der Waals surface area (Å²) in [6.07, 6.45) is 2.06. The normalized spacial score (nSPS) is 11.4. The number of hydrogen-bond acceptors (Lipinski definition) is 3. The highest BCUT2D eigenvalue weighted by Gasteiger charge is 2.29. The molecule has 0 amide bonds. The summed E-state index contributed by atoms with van der Waals surface area (Å²) in [7, 11) is 0. The zero-order chi connectivity index (χ0) is 10.8. The van der Waals surface area contributed by atoms with E-state index in [0.29, 0.717) is 11.3 Å². The second-order valence-electron chi connectivity index (χ2n) is 4.22. The molecule has 0 aliphatic carbocycles. The van der Waals surface area contributed by atoms with E-state index < -0.39 is 0 Å². The lowest BCUT2D eigenvalue weighted by atomic mass is 9.83. The highest BCUT2D eigenvalue weighted by molar-refractivity contribution is 5.38. The van der Waals surface area contributed by atoms with Crippen LogP contribution in [0.1, 0.15) is 50.6 Å². The monoisotopic (exact) mass is 192 g/mol. The smallest absolute Gasteiger partial charge is 0.160 e. The first-order valence-electron chi connectivity index (χ1n) is 4.89. The lowest BCUT2D eigenvalue weighted by Gasteiger charge is -2.20. The minimum atomic E-state index is -0.0962. The molecule has 0 saturated carbocycles. The number of rotatable bonds is 3. The average molecular weight is 192 g/mol. The van der Waals surface area contributed by atoms with E-state index in [0.717, 1.165) is 18.6 Å². The molecule has 0 aliphatic rings. The van der Waals surface area contributed by atoms with Gasteiger partial charge >= 0.3 is 0 Å². The van der Waals surface area contributed by atoms with Crippen LogP contribution in [-0.4, -0.2) is 5.16 Å². The highest BCUT2D eigenvalue weighted by Crippen LogP contribution is 2.31.